The molecule has 0 aromatic rings. The van der Waals surface area contributed by atoms with Crippen LogP contribution in [0.15, 0.2) is 0 Å². The second-order valence-corrected chi connectivity index (χ2v) is 16.3. The number of hydrogen-bond acceptors (Lipinski definition) is 14. The van der Waals surface area contributed by atoms with E-state index >= 15 is 0 Å². The molecule has 1 rings (SSSR count). The number of carboxylic acids is 6. The van der Waals surface area contributed by atoms with Crippen LogP contribution in [-0.4, -0.2) is 220 Å². The zero-order chi connectivity index (χ0) is 49.4. The Hall–Kier alpha value is -5.66. The summed E-state index contributed by atoms with van der Waals surface area (Å²) >= 11 is 0. The van der Waals surface area contributed by atoms with Crippen molar-refractivity contribution in [2.75, 3.05) is 92.1 Å². The molecule has 1 heterocycles. The predicted octanol–water partition coefficient (Wildman–Crippen LogP) is -1.44. The van der Waals surface area contributed by atoms with E-state index in [9.17, 15) is 68.4 Å². The Bertz CT molecular complexity index is 1590. The SMILES string of the molecule is CN1CCN(CC(=O)O)CCN(CC(=O)O)CCN(CC(=O)NC(CCCCNC(=O)CCCCCCC(=O)NCCCC[C@H](NC(=O)N[C@@H](CCC(=O)O)C(=O)O)C(=O)O)C(=O)O)CC1. The van der Waals surface area contributed by atoms with Crippen molar-refractivity contribution < 1.29 is 78.6 Å². The molecule has 1 aliphatic heterocycles. The van der Waals surface area contributed by atoms with Gasteiger partial charge in [-0.05, 0) is 64.8 Å². The molecule has 0 aromatic carbocycles. The van der Waals surface area contributed by atoms with Crippen molar-refractivity contribution in [2.45, 2.75) is 108 Å². The second-order valence-electron chi connectivity index (χ2n) is 16.3. The molecule has 1 saturated heterocycles. The first-order chi connectivity index (χ1) is 31.2. The van der Waals surface area contributed by atoms with Crippen LogP contribution in [0.1, 0.15) is 89.9 Å². The van der Waals surface area contributed by atoms with E-state index in [2.05, 4.69) is 26.6 Å². The third-order valence-electron chi connectivity index (χ3n) is 10.7. The summed E-state index contributed by atoms with van der Waals surface area (Å²) in [5.74, 6) is -8.08. The molecule has 0 radical (unpaired) electrons. The van der Waals surface area contributed by atoms with Crippen molar-refractivity contribution in [1.82, 2.24) is 46.2 Å². The monoisotopic (exact) mass is 946 g/mol. The topological polar surface area (TPSA) is 365 Å². The average molecular weight is 946 g/mol. The Morgan fingerprint density at radius 2 is 0.788 bits per heavy atom. The van der Waals surface area contributed by atoms with Gasteiger partial charge < -0.3 is 62.1 Å². The fourth-order valence-corrected chi connectivity index (χ4v) is 6.84. The Balaban J connectivity index is 2.30. The molecule has 66 heavy (non-hydrogen) atoms. The van der Waals surface area contributed by atoms with E-state index in [-0.39, 0.29) is 70.1 Å². The molecule has 0 spiro atoms. The minimum Gasteiger partial charge on any atom is -0.481 e. The van der Waals surface area contributed by atoms with Gasteiger partial charge in [0.05, 0.1) is 19.6 Å². The molecule has 0 bridgehead atoms. The lowest BCUT2D eigenvalue weighted by Crippen LogP contribution is -2.51. The van der Waals surface area contributed by atoms with E-state index in [4.69, 9.17) is 10.2 Å². The Kier molecular flexibility index (Phi) is 29.9. The summed E-state index contributed by atoms with van der Waals surface area (Å²) in [6, 6.07) is -5.04. The Morgan fingerprint density at radius 3 is 1.18 bits per heavy atom. The van der Waals surface area contributed by atoms with E-state index in [1.807, 2.05) is 16.8 Å². The van der Waals surface area contributed by atoms with Gasteiger partial charge in [-0.3, -0.25) is 43.5 Å². The van der Waals surface area contributed by atoms with Crippen LogP contribution in [0.25, 0.3) is 0 Å². The van der Waals surface area contributed by atoms with Crippen LogP contribution in [-0.2, 0) is 43.2 Å². The van der Waals surface area contributed by atoms with Crippen LogP contribution in [0.4, 0.5) is 4.79 Å². The van der Waals surface area contributed by atoms with Crippen molar-refractivity contribution >= 4 is 59.6 Å². The first kappa shape index (κ1) is 58.4. The fraction of sp³-hybridized carbons (Fsp3) is 0.756. The number of rotatable bonds is 32. The smallest absolute Gasteiger partial charge is 0.326 e. The third-order valence-corrected chi connectivity index (χ3v) is 10.7. The normalized spacial score (nSPS) is 16.0. The van der Waals surface area contributed by atoms with Crippen LogP contribution in [0.5, 0.6) is 0 Å². The number of aliphatic carboxylic acids is 6. The second kappa shape index (κ2) is 33.8. The molecule has 5 amide bonds. The molecule has 1 unspecified atom stereocenters. The number of hydrogen-bond donors (Lipinski definition) is 11. The standard InChI is InChI=1S/C41H71N9O16/c1-47-18-20-48(22-23-50(28-37(58)59)25-24-49(21-19-47)27-36(56)57)26-34(53)44-29(38(60)61)10-6-8-16-42-32(51)12-4-2-3-5-13-33(52)43-17-9-7-11-30(39(62)63)45-41(66)46-31(40(64)65)14-15-35(54)55/h29-31H,2-28H2,1H3,(H,42,51)(H,43,52)(H,44,53)(H,54,55)(H,56,57)(H,58,59)(H,60,61)(H,62,63)(H,64,65)(H2,45,46,66)/t29?,30-,31-/m0/s1. The summed E-state index contributed by atoms with van der Waals surface area (Å²) in [6.07, 6.45) is 4.08. The molecule has 1 aliphatic rings. The Morgan fingerprint density at radius 1 is 0.409 bits per heavy atom. The van der Waals surface area contributed by atoms with E-state index in [1.54, 1.807) is 9.80 Å². The number of nitrogens with one attached hydrogen (secondary N) is 5. The van der Waals surface area contributed by atoms with Crippen LogP contribution in [0.3, 0.4) is 0 Å². The van der Waals surface area contributed by atoms with Gasteiger partial charge in [-0.1, -0.05) is 12.8 Å². The van der Waals surface area contributed by atoms with E-state index < -0.39 is 72.3 Å². The third kappa shape index (κ3) is 29.7. The van der Waals surface area contributed by atoms with Gasteiger partial charge in [0.15, 0.2) is 0 Å². The molecule has 0 saturated carbocycles. The number of unbranched alkanes of at least 4 members (excludes halogenated alkanes) is 5. The molecule has 3 atom stereocenters. The number of amides is 5. The highest BCUT2D eigenvalue weighted by molar-refractivity contribution is 5.86. The largest absolute Gasteiger partial charge is 0.481 e. The van der Waals surface area contributed by atoms with Crippen LogP contribution < -0.4 is 26.6 Å². The Labute approximate surface area is 384 Å². The van der Waals surface area contributed by atoms with Crippen molar-refractivity contribution in [2.24, 2.45) is 0 Å². The number of carboxylic acid groups (broad SMARTS) is 6. The maximum absolute atomic E-state index is 13.0. The molecule has 0 aromatic heterocycles. The van der Waals surface area contributed by atoms with Gasteiger partial charge >= 0.3 is 41.8 Å². The summed E-state index contributed by atoms with van der Waals surface area (Å²) in [7, 11) is 1.88. The van der Waals surface area contributed by atoms with E-state index in [0.29, 0.717) is 110 Å². The number of carbonyl (C=O) groups is 10. The molecule has 0 aliphatic carbocycles. The average Bonchev–Trinajstić information content (AvgIpc) is 3.22. The highest BCUT2D eigenvalue weighted by Gasteiger charge is 2.26. The van der Waals surface area contributed by atoms with Gasteiger partial charge in [-0.15, -0.1) is 0 Å². The van der Waals surface area contributed by atoms with Gasteiger partial charge in [0.1, 0.15) is 18.1 Å². The van der Waals surface area contributed by atoms with E-state index in [0.717, 1.165) is 0 Å². The molecule has 1 fully saturated rings. The lowest BCUT2D eigenvalue weighted by atomic mass is 10.1. The summed E-state index contributed by atoms with van der Waals surface area (Å²) in [5, 5.41) is 68.1. The number of nitrogens with zero attached hydrogens (tertiary/aromatic N) is 4. The molecular formula is C41H71N9O16. The molecular weight excluding hydrogens is 874 g/mol. The maximum Gasteiger partial charge on any atom is 0.326 e. The summed E-state index contributed by atoms with van der Waals surface area (Å²) in [6.45, 7) is 3.40. The summed E-state index contributed by atoms with van der Waals surface area (Å²) in [5.41, 5.74) is 0. The van der Waals surface area contributed by atoms with Gasteiger partial charge in [-0.25, -0.2) is 19.2 Å². The van der Waals surface area contributed by atoms with Gasteiger partial charge in [-0.2, -0.15) is 0 Å². The van der Waals surface area contributed by atoms with Crippen molar-refractivity contribution in [1.29, 1.82) is 0 Å². The number of carbonyl (C=O) groups excluding carboxylic acids is 4. The predicted molar refractivity (Wildman–Crippen MR) is 234 cm³/mol. The molecule has 25 heteroatoms. The fourth-order valence-electron chi connectivity index (χ4n) is 6.84. The molecule has 11 N–H and O–H groups in total. The van der Waals surface area contributed by atoms with Crippen LogP contribution in [0, 0.1) is 0 Å². The minimum absolute atomic E-state index is 0.00590. The van der Waals surface area contributed by atoms with E-state index in [1.165, 1.54) is 0 Å². The molecule has 376 valence electrons. The zero-order valence-electron chi connectivity index (χ0n) is 37.9. The highest BCUT2D eigenvalue weighted by Crippen LogP contribution is 2.08. The minimum atomic E-state index is -1.51. The van der Waals surface area contributed by atoms with Gasteiger partial charge in [0, 0.05) is 84.7 Å². The van der Waals surface area contributed by atoms with Crippen molar-refractivity contribution in [3.63, 3.8) is 0 Å². The van der Waals surface area contributed by atoms with Gasteiger partial charge in [0.2, 0.25) is 17.7 Å². The summed E-state index contributed by atoms with van der Waals surface area (Å²) in [4.78, 5) is 125. The first-order valence-corrected chi connectivity index (χ1v) is 22.3. The van der Waals surface area contributed by atoms with Crippen molar-refractivity contribution in [3.05, 3.63) is 0 Å². The number of likely N-dealkylation sites (N-methyl/N-ethyl adjacent to an activating group) is 1. The van der Waals surface area contributed by atoms with Gasteiger partial charge in [0.25, 0.3) is 0 Å². The lowest BCUT2D eigenvalue weighted by Gasteiger charge is -2.32. The van der Waals surface area contributed by atoms with Crippen LogP contribution in [0.2, 0.25) is 0 Å². The number of urea groups is 1. The zero-order valence-corrected chi connectivity index (χ0v) is 37.9. The lowest BCUT2D eigenvalue weighted by molar-refractivity contribution is -0.142. The maximum atomic E-state index is 13.0. The quantitative estimate of drug-likeness (QED) is 0.0344. The summed E-state index contributed by atoms with van der Waals surface area (Å²) < 4.78 is 0. The van der Waals surface area contributed by atoms with Crippen LogP contribution >= 0.6 is 0 Å². The molecule has 25 nitrogen and oxygen atoms in total. The highest BCUT2D eigenvalue weighted by atomic mass is 16.4. The van der Waals surface area contributed by atoms with Crippen molar-refractivity contribution in [3.8, 4) is 0 Å². The first-order valence-electron chi connectivity index (χ1n) is 22.3.